The van der Waals surface area contributed by atoms with Crippen LogP contribution in [0.15, 0.2) is 0 Å². The maximum Gasteiger partial charge on any atom is 0.155 e. The van der Waals surface area contributed by atoms with Gasteiger partial charge in [-0.05, 0) is 44.4 Å². The second-order valence-electron chi connectivity index (χ2n) is 6.88. The molecule has 1 aliphatic carbocycles. The molecule has 0 heterocycles. The lowest BCUT2D eigenvalue weighted by molar-refractivity contribution is -0.202. The van der Waals surface area contributed by atoms with Gasteiger partial charge in [-0.15, -0.1) is 0 Å². The summed E-state index contributed by atoms with van der Waals surface area (Å²) < 4.78 is 5.94. The highest BCUT2D eigenvalue weighted by Gasteiger charge is 2.34. The van der Waals surface area contributed by atoms with Crippen molar-refractivity contribution in [2.75, 3.05) is 0 Å². The molecule has 0 aromatic heterocycles. The zero-order valence-corrected chi connectivity index (χ0v) is 12.9. The summed E-state index contributed by atoms with van der Waals surface area (Å²) in [5.41, 5.74) is -0.187. The molecule has 1 N–H and O–H groups in total. The van der Waals surface area contributed by atoms with Crippen LogP contribution in [0.3, 0.4) is 0 Å². The SMILES string of the molecule is CCC(C)CC(O)OC(C)(C)C1CCC(C)CC1. The van der Waals surface area contributed by atoms with Crippen LogP contribution in [0, 0.1) is 17.8 Å². The predicted molar refractivity (Wildman–Crippen MR) is 76.4 cm³/mol. The van der Waals surface area contributed by atoms with E-state index >= 15 is 0 Å². The predicted octanol–water partition coefficient (Wildman–Crippen LogP) is 4.36. The third-order valence-electron chi connectivity index (χ3n) is 4.74. The van der Waals surface area contributed by atoms with Crippen molar-refractivity contribution in [1.29, 1.82) is 0 Å². The zero-order valence-electron chi connectivity index (χ0n) is 12.9. The number of hydrogen-bond donors (Lipinski definition) is 1. The molecule has 2 nitrogen and oxygen atoms in total. The van der Waals surface area contributed by atoms with E-state index in [4.69, 9.17) is 4.74 Å². The Morgan fingerprint density at radius 1 is 1.22 bits per heavy atom. The van der Waals surface area contributed by atoms with Crippen LogP contribution < -0.4 is 0 Å². The summed E-state index contributed by atoms with van der Waals surface area (Å²) in [6.45, 7) is 11.0. The van der Waals surface area contributed by atoms with Crippen LogP contribution in [-0.2, 0) is 4.74 Å². The molecule has 0 aromatic carbocycles. The maximum atomic E-state index is 10.0. The van der Waals surface area contributed by atoms with E-state index in [0.29, 0.717) is 11.8 Å². The molecule has 1 aliphatic rings. The zero-order chi connectivity index (χ0) is 13.8. The summed E-state index contributed by atoms with van der Waals surface area (Å²) in [6.07, 6.45) is 6.34. The Bertz CT molecular complexity index is 229. The molecule has 2 heteroatoms. The second-order valence-corrected chi connectivity index (χ2v) is 6.88. The highest BCUT2D eigenvalue weighted by Crippen LogP contribution is 2.37. The van der Waals surface area contributed by atoms with Crippen molar-refractivity contribution >= 4 is 0 Å². The van der Waals surface area contributed by atoms with Gasteiger partial charge < -0.3 is 9.84 Å². The van der Waals surface area contributed by atoms with Crippen molar-refractivity contribution in [3.8, 4) is 0 Å². The fourth-order valence-corrected chi connectivity index (χ4v) is 2.96. The van der Waals surface area contributed by atoms with Crippen molar-refractivity contribution in [2.45, 2.75) is 85.0 Å². The van der Waals surface area contributed by atoms with E-state index in [1.54, 1.807) is 0 Å². The molecule has 0 radical (unpaired) electrons. The summed E-state index contributed by atoms with van der Waals surface area (Å²) in [7, 11) is 0. The van der Waals surface area contributed by atoms with Crippen LogP contribution in [0.2, 0.25) is 0 Å². The number of hydrogen-bond acceptors (Lipinski definition) is 2. The van der Waals surface area contributed by atoms with Gasteiger partial charge in [0.1, 0.15) is 0 Å². The third kappa shape index (κ3) is 4.89. The fourth-order valence-electron chi connectivity index (χ4n) is 2.96. The van der Waals surface area contributed by atoms with Gasteiger partial charge in [-0.3, -0.25) is 0 Å². The van der Waals surface area contributed by atoms with Crippen molar-refractivity contribution in [2.24, 2.45) is 17.8 Å². The van der Waals surface area contributed by atoms with Gasteiger partial charge >= 0.3 is 0 Å². The minimum absolute atomic E-state index is 0.187. The smallest absolute Gasteiger partial charge is 0.155 e. The molecule has 0 aromatic rings. The normalized spacial score (nSPS) is 29.0. The van der Waals surface area contributed by atoms with Gasteiger partial charge in [0.05, 0.1) is 5.60 Å². The molecular weight excluding hydrogens is 224 g/mol. The highest BCUT2D eigenvalue weighted by molar-refractivity contribution is 4.84. The Kier molecular flexibility index (Phi) is 6.13. The Morgan fingerprint density at radius 3 is 2.28 bits per heavy atom. The van der Waals surface area contributed by atoms with Crippen LogP contribution in [0.5, 0.6) is 0 Å². The second kappa shape index (κ2) is 6.91. The van der Waals surface area contributed by atoms with Gasteiger partial charge in [0, 0.05) is 6.42 Å². The molecule has 18 heavy (non-hydrogen) atoms. The number of rotatable bonds is 6. The minimum Gasteiger partial charge on any atom is -0.368 e. The molecule has 0 amide bonds. The lowest BCUT2D eigenvalue weighted by atomic mass is 9.75. The van der Waals surface area contributed by atoms with Gasteiger partial charge in [0.25, 0.3) is 0 Å². The first kappa shape index (κ1) is 16.0. The first-order valence-corrected chi connectivity index (χ1v) is 7.71. The van der Waals surface area contributed by atoms with E-state index in [9.17, 15) is 5.11 Å². The molecule has 1 saturated carbocycles. The molecule has 1 fully saturated rings. The van der Waals surface area contributed by atoms with Crippen LogP contribution in [0.1, 0.15) is 73.1 Å². The van der Waals surface area contributed by atoms with E-state index in [-0.39, 0.29) is 5.60 Å². The van der Waals surface area contributed by atoms with Crippen molar-refractivity contribution in [3.05, 3.63) is 0 Å². The minimum atomic E-state index is -0.602. The van der Waals surface area contributed by atoms with Gasteiger partial charge in [0.2, 0.25) is 0 Å². The topological polar surface area (TPSA) is 29.5 Å². The molecule has 0 bridgehead atoms. The van der Waals surface area contributed by atoms with Crippen LogP contribution in [0.25, 0.3) is 0 Å². The van der Waals surface area contributed by atoms with Crippen molar-refractivity contribution in [1.82, 2.24) is 0 Å². The lowest BCUT2D eigenvalue weighted by Gasteiger charge is -2.40. The molecular formula is C16H32O2. The molecule has 0 aliphatic heterocycles. The Labute approximate surface area is 113 Å². The molecule has 2 unspecified atom stereocenters. The van der Waals surface area contributed by atoms with Crippen LogP contribution in [0.4, 0.5) is 0 Å². The standard InChI is InChI=1S/C16H32O2/c1-6-12(2)11-15(17)18-16(4,5)14-9-7-13(3)8-10-14/h12-15,17H,6-11H2,1-5H3. The van der Waals surface area contributed by atoms with Crippen LogP contribution >= 0.6 is 0 Å². The highest BCUT2D eigenvalue weighted by atomic mass is 16.6. The number of ether oxygens (including phenoxy) is 1. The molecule has 1 rings (SSSR count). The van der Waals surface area contributed by atoms with Gasteiger partial charge in [0.15, 0.2) is 6.29 Å². The summed E-state index contributed by atoms with van der Waals surface area (Å²) in [5, 5.41) is 10.0. The Hall–Kier alpha value is -0.0800. The van der Waals surface area contributed by atoms with E-state index < -0.39 is 6.29 Å². The lowest BCUT2D eigenvalue weighted by Crippen LogP contribution is -2.40. The average Bonchev–Trinajstić information content (AvgIpc) is 2.28. The van der Waals surface area contributed by atoms with Gasteiger partial charge in [-0.25, -0.2) is 0 Å². The fraction of sp³-hybridized carbons (Fsp3) is 1.00. The van der Waals surface area contributed by atoms with Gasteiger partial charge in [-0.1, -0.05) is 40.0 Å². The average molecular weight is 256 g/mol. The summed E-state index contributed by atoms with van der Waals surface area (Å²) in [4.78, 5) is 0. The Morgan fingerprint density at radius 2 is 1.78 bits per heavy atom. The molecule has 0 spiro atoms. The number of aliphatic hydroxyl groups is 1. The first-order valence-electron chi connectivity index (χ1n) is 7.71. The Balaban J connectivity index is 2.42. The molecule has 108 valence electrons. The molecule has 2 atom stereocenters. The summed E-state index contributed by atoms with van der Waals surface area (Å²) in [5.74, 6) is 1.99. The quantitative estimate of drug-likeness (QED) is 0.715. The summed E-state index contributed by atoms with van der Waals surface area (Å²) >= 11 is 0. The largest absolute Gasteiger partial charge is 0.368 e. The van der Waals surface area contributed by atoms with Crippen LogP contribution in [-0.4, -0.2) is 17.0 Å². The van der Waals surface area contributed by atoms with E-state index in [2.05, 4.69) is 34.6 Å². The maximum absolute atomic E-state index is 10.0. The van der Waals surface area contributed by atoms with E-state index in [1.165, 1.54) is 25.7 Å². The number of aliphatic hydroxyl groups excluding tert-OH is 1. The summed E-state index contributed by atoms with van der Waals surface area (Å²) in [6, 6.07) is 0. The van der Waals surface area contributed by atoms with E-state index in [0.717, 1.165) is 18.8 Å². The van der Waals surface area contributed by atoms with Crippen molar-refractivity contribution in [3.63, 3.8) is 0 Å². The van der Waals surface area contributed by atoms with Crippen molar-refractivity contribution < 1.29 is 9.84 Å². The molecule has 0 saturated heterocycles. The third-order valence-corrected chi connectivity index (χ3v) is 4.74. The first-order chi connectivity index (χ1) is 8.35. The van der Waals surface area contributed by atoms with Gasteiger partial charge in [-0.2, -0.15) is 0 Å². The monoisotopic (exact) mass is 256 g/mol. The van der Waals surface area contributed by atoms with E-state index in [1.807, 2.05) is 0 Å².